The van der Waals surface area contributed by atoms with E-state index in [0.717, 1.165) is 17.3 Å². The van der Waals surface area contributed by atoms with Crippen molar-refractivity contribution >= 4 is 11.8 Å². The highest BCUT2D eigenvalue weighted by Gasteiger charge is 2.25. The first-order valence-corrected chi connectivity index (χ1v) is 9.18. The number of aliphatic hydroxyl groups is 1. The van der Waals surface area contributed by atoms with Gasteiger partial charge >= 0.3 is 0 Å². The van der Waals surface area contributed by atoms with Crippen molar-refractivity contribution in [2.45, 2.75) is 19.7 Å². The van der Waals surface area contributed by atoms with E-state index >= 15 is 0 Å². The van der Waals surface area contributed by atoms with Crippen molar-refractivity contribution in [2.24, 2.45) is 0 Å². The maximum atomic E-state index is 13.3. The van der Waals surface area contributed by atoms with Gasteiger partial charge in [0.1, 0.15) is 0 Å². The van der Waals surface area contributed by atoms with Gasteiger partial charge in [-0.15, -0.1) is 0 Å². The molecule has 0 aliphatic rings. The number of rotatable bonds is 7. The third-order valence-electron chi connectivity index (χ3n) is 4.58. The van der Waals surface area contributed by atoms with Crippen LogP contribution >= 0.6 is 0 Å². The predicted molar refractivity (Wildman–Crippen MR) is 108 cm³/mol. The van der Waals surface area contributed by atoms with Crippen LogP contribution in [0, 0.1) is 0 Å². The molecule has 1 aromatic heterocycles. The van der Waals surface area contributed by atoms with Crippen LogP contribution in [0.15, 0.2) is 66.9 Å². The van der Waals surface area contributed by atoms with Gasteiger partial charge in [0.05, 0.1) is 12.2 Å². The molecule has 0 spiro atoms. The second-order valence-corrected chi connectivity index (χ2v) is 6.58. The fraction of sp³-hybridized carbons (Fsp3) is 0.136. The van der Waals surface area contributed by atoms with Crippen LogP contribution in [0.25, 0.3) is 0 Å². The summed E-state index contributed by atoms with van der Waals surface area (Å²) in [7, 11) is 0. The first kappa shape index (κ1) is 21.0. The molecule has 0 atom stereocenters. The van der Waals surface area contributed by atoms with Crippen LogP contribution in [-0.4, -0.2) is 37.1 Å². The number of pyridine rings is 1. The highest BCUT2D eigenvalue weighted by atomic mass is 16.5. The molecule has 0 aliphatic carbocycles. The van der Waals surface area contributed by atoms with Gasteiger partial charge in [0.2, 0.25) is 0 Å². The quantitative estimate of drug-likeness (QED) is 0.352. The zero-order valence-electron chi connectivity index (χ0n) is 16.0. The summed E-state index contributed by atoms with van der Waals surface area (Å²) < 4.78 is 0. The van der Waals surface area contributed by atoms with Gasteiger partial charge in [-0.3, -0.25) is 14.8 Å². The van der Waals surface area contributed by atoms with Gasteiger partial charge in [0.15, 0.2) is 11.4 Å². The topological polar surface area (TPSA) is 123 Å². The lowest BCUT2D eigenvalue weighted by Gasteiger charge is -2.24. The van der Waals surface area contributed by atoms with Crippen LogP contribution in [0.3, 0.4) is 0 Å². The Kier molecular flexibility index (Phi) is 6.74. The molecule has 4 N–H and O–H groups in total. The molecule has 154 valence electrons. The smallest absolute Gasteiger partial charge is 0.297 e. The Morgan fingerprint density at radius 3 is 1.93 bits per heavy atom. The van der Waals surface area contributed by atoms with Crippen molar-refractivity contribution in [1.29, 1.82) is 0 Å². The van der Waals surface area contributed by atoms with Gasteiger partial charge in [-0.25, -0.2) is 10.5 Å². The number of carbonyl (C=O) groups is 2. The number of carbonyl (C=O) groups excluding carboxylic acids is 2. The van der Waals surface area contributed by atoms with Gasteiger partial charge in [0, 0.05) is 24.8 Å². The number of aliphatic hydroxyl groups excluding tert-OH is 1. The number of aromatic nitrogens is 1. The predicted octanol–water partition coefficient (Wildman–Crippen LogP) is 2.24. The van der Waals surface area contributed by atoms with E-state index in [9.17, 15) is 19.8 Å². The second kappa shape index (κ2) is 9.64. The molecule has 0 unspecified atom stereocenters. The molecule has 30 heavy (non-hydrogen) atoms. The van der Waals surface area contributed by atoms with Crippen molar-refractivity contribution in [3.8, 4) is 5.75 Å². The average Bonchev–Trinajstić information content (AvgIpc) is 2.78. The van der Waals surface area contributed by atoms with Crippen molar-refractivity contribution in [3.63, 3.8) is 0 Å². The van der Waals surface area contributed by atoms with E-state index < -0.39 is 29.9 Å². The Hall–Kier alpha value is -3.75. The third kappa shape index (κ3) is 4.62. The fourth-order valence-electron chi connectivity index (χ4n) is 3.08. The van der Waals surface area contributed by atoms with Crippen LogP contribution in [0.5, 0.6) is 5.75 Å². The van der Waals surface area contributed by atoms with Crippen molar-refractivity contribution < 1.29 is 25.0 Å². The van der Waals surface area contributed by atoms with Gasteiger partial charge in [-0.2, -0.15) is 0 Å². The summed E-state index contributed by atoms with van der Waals surface area (Å²) in [5, 5.41) is 28.8. The summed E-state index contributed by atoms with van der Waals surface area (Å²) in [6, 6.07) is 18.8. The van der Waals surface area contributed by atoms with E-state index in [0.29, 0.717) is 13.1 Å². The molecular formula is C22H21N3O5. The van der Waals surface area contributed by atoms with Crippen molar-refractivity contribution in [2.75, 3.05) is 0 Å². The van der Waals surface area contributed by atoms with Crippen LogP contribution in [0.1, 0.15) is 37.5 Å². The highest BCUT2D eigenvalue weighted by Crippen LogP contribution is 2.26. The lowest BCUT2D eigenvalue weighted by molar-refractivity contribution is 0.0691. The van der Waals surface area contributed by atoms with E-state index in [1.165, 1.54) is 5.48 Å². The van der Waals surface area contributed by atoms with E-state index in [-0.39, 0.29) is 11.1 Å². The van der Waals surface area contributed by atoms with Crippen LogP contribution in [0.4, 0.5) is 0 Å². The Morgan fingerprint density at radius 2 is 1.47 bits per heavy atom. The molecule has 0 saturated heterocycles. The van der Waals surface area contributed by atoms with Gasteiger partial charge in [0.25, 0.3) is 11.8 Å². The summed E-state index contributed by atoms with van der Waals surface area (Å²) >= 11 is 0. The third-order valence-corrected chi connectivity index (χ3v) is 4.58. The maximum Gasteiger partial charge on any atom is 0.297 e. The molecule has 3 aromatic rings. The summed E-state index contributed by atoms with van der Waals surface area (Å²) in [6.07, 6.45) is 1.11. The van der Waals surface area contributed by atoms with Crippen molar-refractivity contribution in [1.82, 2.24) is 15.4 Å². The first-order valence-electron chi connectivity index (χ1n) is 9.18. The minimum absolute atomic E-state index is 0.0312. The molecule has 8 heteroatoms. The summed E-state index contributed by atoms with van der Waals surface area (Å²) in [5.41, 5.74) is 2.52. The van der Waals surface area contributed by atoms with E-state index in [1.54, 1.807) is 4.90 Å². The van der Waals surface area contributed by atoms with Gasteiger partial charge < -0.3 is 15.1 Å². The normalized spacial score (nSPS) is 10.5. The number of hydroxylamine groups is 1. The number of aromatic hydroxyl groups is 1. The molecule has 0 radical (unpaired) electrons. The van der Waals surface area contributed by atoms with Crippen LogP contribution in [0.2, 0.25) is 0 Å². The zero-order chi connectivity index (χ0) is 21.5. The van der Waals surface area contributed by atoms with Gasteiger partial charge in [-0.05, 0) is 11.1 Å². The lowest BCUT2D eigenvalue weighted by atomic mass is 10.1. The standard InChI is InChI=1S/C22H21N3O5/c26-14-18-17(11-23-19(20(18)27)21(28)24-30)22(29)25(12-15-7-3-1-4-8-15)13-16-9-5-2-6-10-16/h1-11,26-27,30H,12-14H2,(H,24,28). The molecule has 1 heterocycles. The van der Waals surface area contributed by atoms with E-state index in [2.05, 4.69) is 4.98 Å². The Balaban J connectivity index is 1.99. The number of nitrogens with zero attached hydrogens (tertiary/aromatic N) is 2. The lowest BCUT2D eigenvalue weighted by Crippen LogP contribution is -2.31. The first-order chi connectivity index (χ1) is 14.5. The Morgan fingerprint density at radius 1 is 0.933 bits per heavy atom. The number of nitrogens with one attached hydrogen (secondary N) is 1. The Bertz CT molecular complexity index is 984. The largest absolute Gasteiger partial charge is 0.505 e. The van der Waals surface area contributed by atoms with Crippen LogP contribution in [-0.2, 0) is 19.7 Å². The molecule has 2 amide bonds. The van der Waals surface area contributed by atoms with Gasteiger partial charge in [-0.1, -0.05) is 60.7 Å². The SMILES string of the molecule is O=C(NO)c1ncc(C(=O)N(Cc2ccccc2)Cc2ccccc2)c(CO)c1O. The minimum atomic E-state index is -1.05. The van der Waals surface area contributed by atoms with E-state index in [4.69, 9.17) is 5.21 Å². The molecule has 0 saturated carbocycles. The Labute approximate surface area is 173 Å². The molecule has 0 bridgehead atoms. The summed E-state index contributed by atoms with van der Waals surface area (Å²) in [4.78, 5) is 30.3. The van der Waals surface area contributed by atoms with Crippen molar-refractivity contribution in [3.05, 3.63) is 94.8 Å². The molecular weight excluding hydrogens is 386 g/mol. The number of benzene rings is 2. The number of amides is 2. The summed E-state index contributed by atoms with van der Waals surface area (Å²) in [5.74, 6) is -2.17. The van der Waals surface area contributed by atoms with E-state index in [1.807, 2.05) is 60.7 Å². The van der Waals surface area contributed by atoms with Crippen LogP contribution < -0.4 is 5.48 Å². The number of hydrogen-bond acceptors (Lipinski definition) is 6. The fourth-order valence-corrected chi connectivity index (χ4v) is 3.08. The zero-order valence-corrected chi connectivity index (χ0v) is 16.0. The molecule has 0 fully saturated rings. The molecule has 3 rings (SSSR count). The molecule has 2 aromatic carbocycles. The monoisotopic (exact) mass is 407 g/mol. The number of hydrogen-bond donors (Lipinski definition) is 4. The highest BCUT2D eigenvalue weighted by molar-refractivity contribution is 5.99. The molecule has 8 nitrogen and oxygen atoms in total. The average molecular weight is 407 g/mol. The minimum Gasteiger partial charge on any atom is -0.505 e. The second-order valence-electron chi connectivity index (χ2n) is 6.58. The maximum absolute atomic E-state index is 13.3. The summed E-state index contributed by atoms with van der Waals surface area (Å²) in [6.45, 7) is -0.107. The molecule has 0 aliphatic heterocycles.